The zero-order valence-corrected chi connectivity index (χ0v) is 21.0. The lowest BCUT2D eigenvalue weighted by Gasteiger charge is -2.29. The van der Waals surface area contributed by atoms with Crippen LogP contribution in [0.4, 0.5) is 0 Å². The first kappa shape index (κ1) is 25.2. The lowest BCUT2D eigenvalue weighted by Crippen LogP contribution is -2.45. The smallest absolute Gasteiger partial charge is 0.214 e. The van der Waals surface area contributed by atoms with Gasteiger partial charge in [0.25, 0.3) is 0 Å². The molecule has 2 N–H and O–H groups in total. The molecular formula is C20H34IN5O3S. The summed E-state index contributed by atoms with van der Waals surface area (Å²) < 4.78 is 30.7. The first-order valence-electron chi connectivity index (χ1n) is 10.3. The van der Waals surface area contributed by atoms with E-state index in [-0.39, 0.29) is 35.8 Å². The Hall–Kier alpha value is -1.11. The Balaban J connectivity index is 0.00000320. The lowest BCUT2D eigenvalue weighted by atomic mass is 10.1. The van der Waals surface area contributed by atoms with Gasteiger partial charge >= 0.3 is 0 Å². The third-order valence-electron chi connectivity index (χ3n) is 5.63. The number of nitrogens with zero attached hydrogens (tertiary/aromatic N) is 3. The van der Waals surface area contributed by atoms with Gasteiger partial charge in [-0.2, -0.15) is 0 Å². The van der Waals surface area contributed by atoms with Gasteiger partial charge in [0.1, 0.15) is 5.75 Å². The van der Waals surface area contributed by atoms with Gasteiger partial charge in [-0.3, -0.25) is 9.89 Å². The van der Waals surface area contributed by atoms with Crippen molar-refractivity contribution in [2.75, 3.05) is 59.2 Å². The van der Waals surface area contributed by atoms with Crippen molar-refractivity contribution in [2.24, 2.45) is 4.99 Å². The van der Waals surface area contributed by atoms with Crippen LogP contribution >= 0.6 is 24.0 Å². The Kier molecular flexibility index (Phi) is 10.1. The van der Waals surface area contributed by atoms with Crippen LogP contribution in [-0.2, 0) is 10.0 Å². The van der Waals surface area contributed by atoms with Gasteiger partial charge in [0.05, 0.1) is 18.9 Å². The summed E-state index contributed by atoms with van der Waals surface area (Å²) in [6, 6.07) is 8.50. The van der Waals surface area contributed by atoms with E-state index < -0.39 is 10.0 Å². The summed E-state index contributed by atoms with van der Waals surface area (Å²) in [6.07, 6.45) is 3.17. The lowest BCUT2D eigenvalue weighted by molar-refractivity contribution is 0.245. The second kappa shape index (κ2) is 12.1. The van der Waals surface area contributed by atoms with Gasteiger partial charge in [-0.05, 0) is 50.0 Å². The largest absolute Gasteiger partial charge is 0.497 e. The molecule has 170 valence electrons. The highest BCUT2D eigenvalue weighted by atomic mass is 127. The second-order valence-electron chi connectivity index (χ2n) is 7.48. The van der Waals surface area contributed by atoms with Gasteiger partial charge in [-0.1, -0.05) is 12.1 Å². The van der Waals surface area contributed by atoms with Crippen molar-refractivity contribution >= 4 is 40.0 Å². The molecule has 3 rings (SSSR count). The zero-order chi connectivity index (χ0) is 20.7. The summed E-state index contributed by atoms with van der Waals surface area (Å²) in [5, 5.41) is 6.66. The van der Waals surface area contributed by atoms with E-state index >= 15 is 0 Å². The van der Waals surface area contributed by atoms with Crippen LogP contribution in [0.15, 0.2) is 29.3 Å². The summed E-state index contributed by atoms with van der Waals surface area (Å²) in [5.74, 6) is 1.81. The van der Waals surface area contributed by atoms with E-state index in [0.29, 0.717) is 32.0 Å². The van der Waals surface area contributed by atoms with E-state index in [1.54, 1.807) is 18.5 Å². The number of aliphatic imine (C=N–C) groups is 1. The molecule has 0 radical (unpaired) electrons. The number of sulfonamides is 1. The van der Waals surface area contributed by atoms with Crippen LogP contribution in [0.2, 0.25) is 0 Å². The van der Waals surface area contributed by atoms with Gasteiger partial charge in [-0.25, -0.2) is 12.7 Å². The highest BCUT2D eigenvalue weighted by molar-refractivity contribution is 14.0. The molecule has 0 bridgehead atoms. The van der Waals surface area contributed by atoms with Gasteiger partial charge in [0.2, 0.25) is 10.0 Å². The third-order valence-corrected chi connectivity index (χ3v) is 7.58. The Labute approximate surface area is 197 Å². The molecule has 0 saturated carbocycles. The first-order chi connectivity index (χ1) is 14.0. The fraction of sp³-hybridized carbons (Fsp3) is 0.650. The second-order valence-corrected chi connectivity index (χ2v) is 9.57. The number of benzene rings is 1. The van der Waals surface area contributed by atoms with Gasteiger partial charge in [0, 0.05) is 33.2 Å². The number of rotatable bonds is 8. The number of halogens is 1. The van der Waals surface area contributed by atoms with Crippen LogP contribution in [0.1, 0.15) is 30.9 Å². The van der Waals surface area contributed by atoms with Crippen molar-refractivity contribution in [3.8, 4) is 5.75 Å². The average Bonchev–Trinajstić information content (AvgIpc) is 3.37. The zero-order valence-electron chi connectivity index (χ0n) is 17.8. The quantitative estimate of drug-likeness (QED) is 0.291. The van der Waals surface area contributed by atoms with Crippen molar-refractivity contribution in [2.45, 2.75) is 25.3 Å². The first-order valence-corrected chi connectivity index (χ1v) is 11.9. The number of nitrogens with one attached hydrogen (secondary N) is 2. The molecule has 1 atom stereocenters. The molecule has 30 heavy (non-hydrogen) atoms. The number of methoxy groups -OCH3 is 1. The Morgan fingerprint density at radius 1 is 1.13 bits per heavy atom. The molecule has 2 heterocycles. The molecule has 0 aliphatic carbocycles. The van der Waals surface area contributed by atoms with Crippen molar-refractivity contribution in [3.63, 3.8) is 0 Å². The van der Waals surface area contributed by atoms with Crippen molar-refractivity contribution in [1.29, 1.82) is 0 Å². The number of hydrogen-bond donors (Lipinski definition) is 2. The summed E-state index contributed by atoms with van der Waals surface area (Å²) in [5.41, 5.74) is 1.25. The van der Waals surface area contributed by atoms with Crippen LogP contribution in [-0.4, -0.2) is 82.8 Å². The van der Waals surface area contributed by atoms with E-state index in [9.17, 15) is 8.42 Å². The number of ether oxygens (including phenoxy) is 1. The normalized spacial score (nSPS) is 20.5. The highest BCUT2D eigenvalue weighted by Crippen LogP contribution is 2.26. The summed E-state index contributed by atoms with van der Waals surface area (Å²) in [6.45, 7) is 4.54. The fourth-order valence-corrected chi connectivity index (χ4v) is 5.52. The number of guanidine groups is 1. The molecule has 2 saturated heterocycles. The molecule has 0 aromatic heterocycles. The summed E-state index contributed by atoms with van der Waals surface area (Å²) in [7, 11) is 0.360. The Morgan fingerprint density at radius 2 is 1.83 bits per heavy atom. The Morgan fingerprint density at radius 3 is 2.40 bits per heavy atom. The van der Waals surface area contributed by atoms with Gasteiger partial charge in [-0.15, -0.1) is 24.0 Å². The van der Waals surface area contributed by atoms with E-state index in [2.05, 4.69) is 32.7 Å². The minimum Gasteiger partial charge on any atom is -0.497 e. The maximum atomic E-state index is 11.9. The molecule has 8 nitrogen and oxygen atoms in total. The summed E-state index contributed by atoms with van der Waals surface area (Å²) >= 11 is 0. The SMILES string of the molecule is CN=C(NCCN1CCCS1(=O)=O)NCC(c1ccc(OC)cc1)N1CCCC1.I. The van der Waals surface area contributed by atoms with Crippen molar-refractivity contribution < 1.29 is 13.2 Å². The topological polar surface area (TPSA) is 86.3 Å². The highest BCUT2D eigenvalue weighted by Gasteiger charge is 2.27. The predicted molar refractivity (Wildman–Crippen MR) is 131 cm³/mol. The number of hydrogen-bond acceptors (Lipinski definition) is 5. The minimum atomic E-state index is -3.05. The molecule has 10 heteroatoms. The van der Waals surface area contributed by atoms with Crippen LogP contribution in [0.5, 0.6) is 5.75 Å². The van der Waals surface area contributed by atoms with Crippen LogP contribution in [0, 0.1) is 0 Å². The molecule has 1 unspecified atom stereocenters. The van der Waals surface area contributed by atoms with E-state index in [1.165, 1.54) is 18.4 Å². The maximum Gasteiger partial charge on any atom is 0.214 e. The van der Waals surface area contributed by atoms with Crippen molar-refractivity contribution in [3.05, 3.63) is 29.8 Å². The molecule has 2 fully saturated rings. The molecule has 0 spiro atoms. The van der Waals surface area contributed by atoms with Gasteiger partial charge in [0.15, 0.2) is 5.96 Å². The number of likely N-dealkylation sites (tertiary alicyclic amines) is 1. The Bertz CT molecular complexity index is 782. The standard InChI is InChI=1S/C20H33N5O3S.HI/c1-21-20(22-10-14-25-13-5-15-29(25,26)27)23-16-19(24-11-3-4-12-24)17-6-8-18(28-2)9-7-17;/h6-9,19H,3-5,10-16H2,1-2H3,(H2,21,22,23);1H. The molecule has 1 aromatic rings. The molecular weight excluding hydrogens is 517 g/mol. The fourth-order valence-electron chi connectivity index (χ4n) is 3.99. The van der Waals surface area contributed by atoms with Crippen molar-refractivity contribution in [1.82, 2.24) is 19.8 Å². The molecule has 1 aromatic carbocycles. The summed E-state index contributed by atoms with van der Waals surface area (Å²) in [4.78, 5) is 6.80. The maximum absolute atomic E-state index is 11.9. The van der Waals surface area contributed by atoms with Crippen LogP contribution in [0.3, 0.4) is 0 Å². The van der Waals surface area contributed by atoms with E-state index in [1.807, 2.05) is 12.1 Å². The van der Waals surface area contributed by atoms with Crippen LogP contribution in [0.25, 0.3) is 0 Å². The molecule has 2 aliphatic rings. The van der Waals surface area contributed by atoms with Crippen LogP contribution < -0.4 is 15.4 Å². The molecule has 0 amide bonds. The molecule has 2 aliphatic heterocycles. The monoisotopic (exact) mass is 551 g/mol. The van der Waals surface area contributed by atoms with E-state index in [4.69, 9.17) is 4.74 Å². The van der Waals surface area contributed by atoms with Gasteiger partial charge < -0.3 is 15.4 Å². The van der Waals surface area contributed by atoms with E-state index in [0.717, 1.165) is 25.4 Å². The minimum absolute atomic E-state index is 0. The predicted octanol–water partition coefficient (Wildman–Crippen LogP) is 1.65. The third kappa shape index (κ3) is 6.69. The average molecular weight is 551 g/mol.